The van der Waals surface area contributed by atoms with Crippen molar-refractivity contribution in [3.8, 4) is 0 Å². The summed E-state index contributed by atoms with van der Waals surface area (Å²) in [5, 5.41) is 8.41. The first-order valence-corrected chi connectivity index (χ1v) is 7.99. The number of rotatable bonds is 3. The molecule has 0 spiro atoms. The van der Waals surface area contributed by atoms with Gasteiger partial charge in [0.05, 0.1) is 18.4 Å². The monoisotopic (exact) mass is 313 g/mol. The lowest BCUT2D eigenvalue weighted by Gasteiger charge is -2.35. The maximum Gasteiger partial charge on any atom is 0.328 e. The third-order valence-corrected chi connectivity index (χ3v) is 7.07. The minimum Gasteiger partial charge on any atom is -0.480 e. The zero-order valence-electron chi connectivity index (χ0n) is 11.6. The van der Waals surface area contributed by atoms with Gasteiger partial charge in [-0.1, -0.05) is 0 Å². The number of carboxylic acids is 1. The van der Waals surface area contributed by atoms with Gasteiger partial charge in [-0.2, -0.15) is 0 Å². The topological polar surface area (TPSA) is 110 Å². The number of aliphatic carboxylic acids is 1. The van der Waals surface area contributed by atoms with Crippen LogP contribution in [-0.2, 0) is 26.0 Å². The molecule has 1 aromatic heterocycles. The molecule has 3 rings (SSSR count). The van der Waals surface area contributed by atoms with Crippen molar-refractivity contribution in [2.24, 2.45) is 0 Å². The van der Waals surface area contributed by atoms with Crippen molar-refractivity contribution in [3.63, 3.8) is 0 Å². The van der Waals surface area contributed by atoms with Gasteiger partial charge in [-0.15, -0.1) is 0 Å². The fourth-order valence-corrected chi connectivity index (χ4v) is 5.59. The molecule has 21 heavy (non-hydrogen) atoms. The van der Waals surface area contributed by atoms with E-state index in [2.05, 4.69) is 4.98 Å². The number of aryl methyl sites for hydroxylation is 1. The molecule has 0 aromatic carbocycles. The van der Waals surface area contributed by atoms with Gasteiger partial charge < -0.3 is 14.6 Å². The standard InChI is InChI=1S/C12H15N3O5S/c1-7-4-14(6-13-7)5-12(2)10(11(17)18)15-8(16)3-9(15)21(12,19)20/h4,6,9-10H,3,5H2,1-2H3,(H,17,18)/t9-,10+,12+/m1/s1. The first kappa shape index (κ1) is 14.1. The zero-order chi connectivity index (χ0) is 15.6. The first-order valence-electron chi connectivity index (χ1n) is 6.44. The molecule has 1 aromatic rings. The van der Waals surface area contributed by atoms with E-state index in [1.54, 1.807) is 17.7 Å². The van der Waals surface area contributed by atoms with Gasteiger partial charge in [0.15, 0.2) is 15.9 Å². The highest BCUT2D eigenvalue weighted by Crippen LogP contribution is 2.46. The molecule has 8 nitrogen and oxygen atoms in total. The van der Waals surface area contributed by atoms with Crippen LogP contribution in [0.5, 0.6) is 0 Å². The second-order valence-electron chi connectivity index (χ2n) is 5.75. The molecule has 9 heteroatoms. The van der Waals surface area contributed by atoms with Gasteiger partial charge in [0.1, 0.15) is 10.1 Å². The number of hydrogen-bond acceptors (Lipinski definition) is 5. The van der Waals surface area contributed by atoms with E-state index >= 15 is 0 Å². The summed E-state index contributed by atoms with van der Waals surface area (Å²) in [6.07, 6.45) is 2.98. The van der Waals surface area contributed by atoms with Gasteiger partial charge in [-0.3, -0.25) is 4.79 Å². The van der Waals surface area contributed by atoms with Crippen molar-refractivity contribution in [1.29, 1.82) is 0 Å². The highest BCUT2D eigenvalue weighted by atomic mass is 32.2. The van der Waals surface area contributed by atoms with Gasteiger partial charge >= 0.3 is 5.97 Å². The van der Waals surface area contributed by atoms with Crippen molar-refractivity contribution in [2.45, 2.75) is 43.0 Å². The summed E-state index contributed by atoms with van der Waals surface area (Å²) in [6.45, 7) is 3.10. The number of carboxylic acid groups (broad SMARTS) is 1. The summed E-state index contributed by atoms with van der Waals surface area (Å²) < 4.78 is 25.3. The van der Waals surface area contributed by atoms with Crippen molar-refractivity contribution < 1.29 is 23.1 Å². The van der Waals surface area contributed by atoms with E-state index in [0.29, 0.717) is 5.69 Å². The average molecular weight is 313 g/mol. The fourth-order valence-electron chi connectivity index (χ4n) is 3.21. The van der Waals surface area contributed by atoms with Crippen LogP contribution in [0.2, 0.25) is 0 Å². The number of fused-ring (bicyclic) bond motifs is 1. The third kappa shape index (κ3) is 1.66. The molecule has 0 radical (unpaired) electrons. The molecular formula is C12H15N3O5S. The number of nitrogens with zero attached hydrogens (tertiary/aromatic N) is 3. The van der Waals surface area contributed by atoms with Crippen LogP contribution >= 0.6 is 0 Å². The van der Waals surface area contributed by atoms with Crippen LogP contribution < -0.4 is 0 Å². The van der Waals surface area contributed by atoms with Crippen molar-refractivity contribution >= 4 is 21.7 Å². The third-order valence-electron chi connectivity index (χ3n) is 4.31. The van der Waals surface area contributed by atoms with Crippen molar-refractivity contribution in [3.05, 3.63) is 18.2 Å². The van der Waals surface area contributed by atoms with Gasteiger partial charge in [-0.25, -0.2) is 18.2 Å². The smallest absolute Gasteiger partial charge is 0.328 e. The summed E-state index contributed by atoms with van der Waals surface area (Å²) in [5.74, 6) is -1.73. The molecule has 0 saturated carbocycles. The quantitative estimate of drug-likeness (QED) is 0.746. The molecular weight excluding hydrogens is 298 g/mol. The Bertz CT molecular complexity index is 740. The lowest BCUT2D eigenvalue weighted by atomic mass is 9.96. The Morgan fingerprint density at radius 1 is 1.57 bits per heavy atom. The van der Waals surface area contributed by atoms with Crippen LogP contribution in [-0.4, -0.2) is 56.0 Å². The molecule has 3 atom stereocenters. The maximum absolute atomic E-state index is 12.7. The molecule has 2 aliphatic heterocycles. The van der Waals surface area contributed by atoms with Crippen LogP contribution in [0.25, 0.3) is 0 Å². The molecule has 0 unspecified atom stereocenters. The summed E-state index contributed by atoms with van der Waals surface area (Å²) in [7, 11) is -3.77. The number of carbonyl (C=O) groups excluding carboxylic acids is 1. The molecule has 2 aliphatic rings. The number of sulfone groups is 1. The van der Waals surface area contributed by atoms with Gasteiger partial charge in [0.25, 0.3) is 0 Å². The SMILES string of the molecule is Cc1cn(C[C@@]2(C)[C@H](C(=O)O)N3C(=O)C[C@H]3S2(=O)=O)cn1. The van der Waals surface area contributed by atoms with Crippen LogP contribution in [0.4, 0.5) is 0 Å². The summed E-state index contributed by atoms with van der Waals surface area (Å²) in [4.78, 5) is 28.2. The highest BCUT2D eigenvalue weighted by molar-refractivity contribution is 7.93. The van der Waals surface area contributed by atoms with Crippen molar-refractivity contribution in [2.75, 3.05) is 0 Å². The predicted octanol–water partition coefficient (Wildman–Crippen LogP) is -0.610. The second kappa shape index (κ2) is 4.06. The Morgan fingerprint density at radius 2 is 2.24 bits per heavy atom. The van der Waals surface area contributed by atoms with E-state index in [-0.39, 0.29) is 13.0 Å². The highest BCUT2D eigenvalue weighted by Gasteiger charge is 2.69. The Morgan fingerprint density at radius 3 is 2.71 bits per heavy atom. The number of hydrogen-bond donors (Lipinski definition) is 1. The molecule has 114 valence electrons. The lowest BCUT2D eigenvalue weighted by molar-refractivity contribution is -0.157. The van der Waals surface area contributed by atoms with E-state index in [0.717, 1.165) is 4.90 Å². The molecule has 1 amide bonds. The Labute approximate surface area is 121 Å². The maximum atomic E-state index is 12.7. The number of β-lactam (4-membered cyclic amide) rings is 1. The minimum atomic E-state index is -3.77. The Hall–Kier alpha value is -1.90. The Kier molecular flexibility index (Phi) is 2.72. The van der Waals surface area contributed by atoms with E-state index < -0.39 is 37.9 Å². The number of amides is 1. The van der Waals surface area contributed by atoms with E-state index in [9.17, 15) is 23.1 Å². The normalized spacial score (nSPS) is 33.6. The summed E-state index contributed by atoms with van der Waals surface area (Å²) in [6, 6.07) is -1.36. The van der Waals surface area contributed by atoms with Crippen LogP contribution in [0.3, 0.4) is 0 Å². The lowest BCUT2D eigenvalue weighted by Crippen LogP contribution is -2.58. The van der Waals surface area contributed by atoms with E-state index in [1.807, 2.05) is 0 Å². The molecule has 1 N–H and O–H groups in total. The van der Waals surface area contributed by atoms with Gasteiger partial charge in [0.2, 0.25) is 5.91 Å². The minimum absolute atomic E-state index is 0.0482. The summed E-state index contributed by atoms with van der Waals surface area (Å²) >= 11 is 0. The van der Waals surface area contributed by atoms with Crippen LogP contribution in [0.1, 0.15) is 19.0 Å². The largest absolute Gasteiger partial charge is 0.480 e. The molecule has 3 heterocycles. The first-order chi connectivity index (χ1) is 9.68. The predicted molar refractivity (Wildman–Crippen MR) is 71.0 cm³/mol. The van der Waals surface area contributed by atoms with Crippen molar-refractivity contribution in [1.82, 2.24) is 14.5 Å². The van der Waals surface area contributed by atoms with Gasteiger partial charge in [-0.05, 0) is 13.8 Å². The Balaban J connectivity index is 2.08. The zero-order valence-corrected chi connectivity index (χ0v) is 12.4. The second-order valence-corrected chi connectivity index (χ2v) is 8.31. The molecule has 0 aliphatic carbocycles. The number of aromatic nitrogens is 2. The van der Waals surface area contributed by atoms with Crippen LogP contribution in [0, 0.1) is 6.92 Å². The average Bonchev–Trinajstić information content (AvgIpc) is 2.81. The van der Waals surface area contributed by atoms with Gasteiger partial charge in [0, 0.05) is 12.7 Å². The molecule has 2 saturated heterocycles. The summed E-state index contributed by atoms with van der Waals surface area (Å²) in [5.41, 5.74) is 0.709. The number of imidazole rings is 1. The van der Waals surface area contributed by atoms with E-state index in [4.69, 9.17) is 0 Å². The molecule has 0 bridgehead atoms. The molecule has 2 fully saturated rings. The van der Waals surface area contributed by atoms with E-state index in [1.165, 1.54) is 13.3 Å². The number of carbonyl (C=O) groups is 2. The fraction of sp³-hybridized carbons (Fsp3) is 0.583. The van der Waals surface area contributed by atoms with Crippen LogP contribution in [0.15, 0.2) is 12.5 Å².